The molecule has 0 saturated carbocycles. The number of aromatic nitrogens is 4. The largest absolute Gasteiger partial charge is 0.486 e. The first kappa shape index (κ1) is 14.6. The van der Waals surface area contributed by atoms with Crippen LogP contribution in [0.25, 0.3) is 16.6 Å². The summed E-state index contributed by atoms with van der Waals surface area (Å²) in [6, 6.07) is 19.5. The third-order valence-electron chi connectivity index (χ3n) is 3.72. The number of benzene rings is 2. The van der Waals surface area contributed by atoms with Gasteiger partial charge >= 0.3 is 0 Å². The standard InChI is InChI=1S/C18H14N4OS/c24-18-21-20-17(12-23-13-6-2-1-3-7-13)22(18)16-10-4-9-15-14(16)8-5-11-19-15/h1-11H,12H2,(H,21,24). The number of nitrogens with zero attached hydrogens (tertiary/aromatic N) is 3. The van der Waals surface area contributed by atoms with Crippen molar-refractivity contribution in [1.82, 2.24) is 19.7 Å². The van der Waals surface area contributed by atoms with Gasteiger partial charge in [-0.1, -0.05) is 24.3 Å². The molecule has 0 atom stereocenters. The van der Waals surface area contributed by atoms with Crippen LogP contribution >= 0.6 is 12.2 Å². The molecular weight excluding hydrogens is 320 g/mol. The van der Waals surface area contributed by atoms with Crippen molar-refractivity contribution in [3.8, 4) is 11.4 Å². The fourth-order valence-corrected chi connectivity index (χ4v) is 2.87. The van der Waals surface area contributed by atoms with E-state index in [0.717, 1.165) is 22.3 Å². The van der Waals surface area contributed by atoms with Gasteiger partial charge in [0.2, 0.25) is 0 Å². The lowest BCUT2D eigenvalue weighted by atomic mass is 10.2. The van der Waals surface area contributed by atoms with Crippen molar-refractivity contribution in [3.05, 3.63) is 77.5 Å². The fourth-order valence-electron chi connectivity index (χ4n) is 2.62. The molecule has 0 aliphatic rings. The Morgan fingerprint density at radius 2 is 1.88 bits per heavy atom. The fraction of sp³-hybridized carbons (Fsp3) is 0.0556. The molecule has 1 N–H and O–H groups in total. The number of rotatable bonds is 4. The van der Waals surface area contributed by atoms with Crippen molar-refractivity contribution >= 4 is 23.1 Å². The van der Waals surface area contributed by atoms with E-state index in [0.29, 0.717) is 17.2 Å². The Morgan fingerprint density at radius 1 is 1.00 bits per heavy atom. The quantitative estimate of drug-likeness (QED) is 0.572. The third-order valence-corrected chi connectivity index (χ3v) is 3.99. The van der Waals surface area contributed by atoms with Crippen LogP contribution in [0.3, 0.4) is 0 Å². The van der Waals surface area contributed by atoms with Crippen molar-refractivity contribution in [1.29, 1.82) is 0 Å². The first-order valence-electron chi connectivity index (χ1n) is 7.51. The molecule has 0 aliphatic heterocycles. The van der Waals surface area contributed by atoms with Crippen LogP contribution in [-0.4, -0.2) is 19.7 Å². The minimum absolute atomic E-state index is 0.313. The lowest BCUT2D eigenvalue weighted by molar-refractivity contribution is 0.293. The van der Waals surface area contributed by atoms with Gasteiger partial charge in [0.1, 0.15) is 12.4 Å². The zero-order chi connectivity index (χ0) is 16.4. The number of para-hydroxylation sites is 1. The van der Waals surface area contributed by atoms with E-state index in [-0.39, 0.29) is 0 Å². The highest BCUT2D eigenvalue weighted by molar-refractivity contribution is 7.71. The molecule has 2 aromatic heterocycles. The molecule has 0 spiro atoms. The van der Waals surface area contributed by atoms with Crippen LogP contribution in [0.1, 0.15) is 5.82 Å². The second-order valence-corrected chi connectivity index (χ2v) is 5.62. The van der Waals surface area contributed by atoms with Crippen molar-refractivity contribution in [2.45, 2.75) is 6.61 Å². The summed E-state index contributed by atoms with van der Waals surface area (Å²) in [7, 11) is 0. The number of H-pyrrole nitrogens is 1. The SMILES string of the molecule is S=c1[nH]nc(COc2ccccc2)n1-c1cccc2ncccc12. The van der Waals surface area contributed by atoms with Gasteiger partial charge < -0.3 is 4.74 Å². The molecule has 0 aliphatic carbocycles. The van der Waals surface area contributed by atoms with Gasteiger partial charge in [0.15, 0.2) is 10.6 Å². The van der Waals surface area contributed by atoms with Crippen molar-refractivity contribution in [2.75, 3.05) is 0 Å². The summed E-state index contributed by atoms with van der Waals surface area (Å²) in [5.41, 5.74) is 1.85. The Morgan fingerprint density at radius 3 is 2.75 bits per heavy atom. The maximum Gasteiger partial charge on any atom is 0.199 e. The molecule has 0 fully saturated rings. The molecule has 6 heteroatoms. The normalized spacial score (nSPS) is 10.8. The molecule has 0 amide bonds. The molecule has 0 bridgehead atoms. The summed E-state index contributed by atoms with van der Waals surface area (Å²) in [4.78, 5) is 4.40. The first-order valence-corrected chi connectivity index (χ1v) is 7.92. The van der Waals surface area contributed by atoms with Gasteiger partial charge in [0.05, 0.1) is 11.2 Å². The average Bonchev–Trinajstić information content (AvgIpc) is 3.01. The van der Waals surface area contributed by atoms with Crippen molar-refractivity contribution < 1.29 is 4.74 Å². The summed E-state index contributed by atoms with van der Waals surface area (Å²) in [5.74, 6) is 1.50. The number of nitrogens with one attached hydrogen (secondary N) is 1. The molecule has 4 rings (SSSR count). The van der Waals surface area contributed by atoms with Crippen molar-refractivity contribution in [2.24, 2.45) is 0 Å². The number of hydrogen-bond donors (Lipinski definition) is 1. The molecule has 0 saturated heterocycles. The highest BCUT2D eigenvalue weighted by atomic mass is 32.1. The Kier molecular flexibility index (Phi) is 3.80. The van der Waals surface area contributed by atoms with Gasteiger partial charge in [-0.25, -0.2) is 0 Å². The minimum atomic E-state index is 0.313. The molecule has 0 radical (unpaired) electrons. The average molecular weight is 334 g/mol. The molecule has 118 valence electrons. The monoisotopic (exact) mass is 334 g/mol. The van der Waals surface area contributed by atoms with E-state index in [1.54, 1.807) is 6.20 Å². The second kappa shape index (κ2) is 6.25. The van der Waals surface area contributed by atoms with Crippen LogP contribution in [0.4, 0.5) is 0 Å². The van der Waals surface area contributed by atoms with E-state index in [2.05, 4.69) is 15.2 Å². The number of fused-ring (bicyclic) bond motifs is 1. The van der Waals surface area contributed by atoms with Crippen LogP contribution in [0.2, 0.25) is 0 Å². The number of pyridine rings is 1. The van der Waals surface area contributed by atoms with Gasteiger partial charge in [-0.3, -0.25) is 14.6 Å². The molecule has 2 aromatic carbocycles. The predicted octanol–water partition coefficient (Wildman–Crippen LogP) is 4.06. The van der Waals surface area contributed by atoms with Crippen LogP contribution in [0.15, 0.2) is 66.9 Å². The maximum atomic E-state index is 5.81. The number of aromatic amines is 1. The van der Waals surface area contributed by atoms with E-state index in [9.17, 15) is 0 Å². The summed E-state index contributed by atoms with van der Waals surface area (Å²) >= 11 is 5.42. The second-order valence-electron chi connectivity index (χ2n) is 5.23. The highest BCUT2D eigenvalue weighted by Crippen LogP contribution is 2.22. The summed E-state index contributed by atoms with van der Waals surface area (Å²) in [6.45, 7) is 0.313. The van der Waals surface area contributed by atoms with Gasteiger partial charge in [-0.05, 0) is 48.6 Å². The third kappa shape index (κ3) is 2.68. The molecule has 5 nitrogen and oxygen atoms in total. The van der Waals surface area contributed by atoms with E-state index in [1.807, 2.05) is 65.2 Å². The van der Waals surface area contributed by atoms with Crippen LogP contribution in [0, 0.1) is 4.77 Å². The summed E-state index contributed by atoms with van der Waals surface area (Å²) in [6.07, 6.45) is 1.78. The summed E-state index contributed by atoms with van der Waals surface area (Å²) in [5, 5.41) is 8.18. The van der Waals surface area contributed by atoms with E-state index >= 15 is 0 Å². The Labute approximate surface area is 143 Å². The van der Waals surface area contributed by atoms with E-state index < -0.39 is 0 Å². The molecule has 4 aromatic rings. The zero-order valence-corrected chi connectivity index (χ0v) is 13.5. The van der Waals surface area contributed by atoms with Gasteiger partial charge in [0.25, 0.3) is 0 Å². The highest BCUT2D eigenvalue weighted by Gasteiger charge is 2.12. The Balaban J connectivity index is 1.76. The Bertz CT molecular complexity index is 1030. The first-order chi connectivity index (χ1) is 11.8. The molecular formula is C18H14N4OS. The van der Waals surface area contributed by atoms with Crippen molar-refractivity contribution in [3.63, 3.8) is 0 Å². The topological polar surface area (TPSA) is 55.7 Å². The number of ether oxygens (including phenoxy) is 1. The van der Waals surface area contributed by atoms with Gasteiger partial charge in [0, 0.05) is 11.6 Å². The lowest BCUT2D eigenvalue weighted by Crippen LogP contribution is -2.06. The van der Waals surface area contributed by atoms with Gasteiger partial charge in [-0.2, -0.15) is 5.10 Å². The molecule has 24 heavy (non-hydrogen) atoms. The maximum absolute atomic E-state index is 5.81. The van der Waals surface area contributed by atoms with Crippen LogP contribution < -0.4 is 4.74 Å². The van der Waals surface area contributed by atoms with E-state index in [1.165, 1.54) is 0 Å². The zero-order valence-electron chi connectivity index (χ0n) is 12.7. The molecule has 0 unspecified atom stereocenters. The predicted molar refractivity (Wildman–Crippen MR) is 94.8 cm³/mol. The van der Waals surface area contributed by atoms with E-state index in [4.69, 9.17) is 17.0 Å². The van der Waals surface area contributed by atoms with Crippen LogP contribution in [-0.2, 0) is 6.61 Å². The minimum Gasteiger partial charge on any atom is -0.486 e. The van der Waals surface area contributed by atoms with Gasteiger partial charge in [-0.15, -0.1) is 0 Å². The number of hydrogen-bond acceptors (Lipinski definition) is 4. The molecule has 2 heterocycles. The smallest absolute Gasteiger partial charge is 0.199 e. The Hall–Kier alpha value is -2.99. The lowest BCUT2D eigenvalue weighted by Gasteiger charge is -2.10. The van der Waals surface area contributed by atoms with Crippen LogP contribution in [0.5, 0.6) is 5.75 Å². The summed E-state index contributed by atoms with van der Waals surface area (Å²) < 4.78 is 8.23.